The van der Waals surface area contributed by atoms with Crippen molar-refractivity contribution in [3.8, 4) is 0 Å². The second-order valence-electron chi connectivity index (χ2n) is 7.90. The Morgan fingerprint density at radius 3 is 2.41 bits per heavy atom. The number of aliphatic hydroxyl groups is 1. The molecule has 0 saturated heterocycles. The molecule has 27 heavy (non-hydrogen) atoms. The molecule has 148 valence electrons. The Kier molecular flexibility index (Phi) is 4.45. The van der Waals surface area contributed by atoms with E-state index in [4.69, 9.17) is 14.2 Å². The Hall–Kier alpha value is -2.22. The molecule has 2 aliphatic carbocycles. The third-order valence-electron chi connectivity index (χ3n) is 6.19. The van der Waals surface area contributed by atoms with Gasteiger partial charge in [-0.2, -0.15) is 0 Å². The highest BCUT2D eigenvalue weighted by Gasteiger charge is 2.72. The van der Waals surface area contributed by atoms with Gasteiger partial charge in [-0.25, -0.2) is 4.79 Å². The van der Waals surface area contributed by atoms with Crippen LogP contribution in [-0.4, -0.2) is 46.8 Å². The Labute approximate surface area is 156 Å². The van der Waals surface area contributed by atoms with Crippen molar-refractivity contribution in [1.29, 1.82) is 0 Å². The third kappa shape index (κ3) is 2.61. The lowest BCUT2D eigenvalue weighted by Gasteiger charge is -2.58. The highest BCUT2D eigenvalue weighted by Crippen LogP contribution is 2.61. The molecule has 6 atom stereocenters. The van der Waals surface area contributed by atoms with E-state index in [2.05, 4.69) is 0 Å². The zero-order chi connectivity index (χ0) is 20.3. The number of carbonyl (C=O) groups excluding carboxylic acids is 4. The van der Waals surface area contributed by atoms with Gasteiger partial charge in [0.25, 0.3) is 5.79 Å². The SMILES string of the molecule is CC(=O)O[C@H]1[C@@H](O)C2=C(C)C(=O)O[C@@]2(OC(C)=O)[C@H]2[C@H](C)C(=O)CC[C@@]21C. The molecule has 0 aromatic heterocycles. The van der Waals surface area contributed by atoms with Gasteiger partial charge < -0.3 is 19.3 Å². The van der Waals surface area contributed by atoms with Gasteiger partial charge in [-0.3, -0.25) is 14.4 Å². The number of hydrogen-bond acceptors (Lipinski definition) is 8. The van der Waals surface area contributed by atoms with Gasteiger partial charge in [0.15, 0.2) is 0 Å². The van der Waals surface area contributed by atoms with Crippen LogP contribution in [0, 0.1) is 17.3 Å². The first-order chi connectivity index (χ1) is 12.5. The summed E-state index contributed by atoms with van der Waals surface area (Å²) in [5.74, 6) is -5.41. The largest absolute Gasteiger partial charge is 0.459 e. The van der Waals surface area contributed by atoms with Crippen molar-refractivity contribution >= 4 is 23.7 Å². The number of fused-ring (bicyclic) bond motifs is 3. The quantitative estimate of drug-likeness (QED) is 0.707. The molecule has 2 fully saturated rings. The fraction of sp³-hybridized carbons (Fsp3) is 0.684. The molecule has 8 heteroatoms. The van der Waals surface area contributed by atoms with Gasteiger partial charge in [0, 0.05) is 37.2 Å². The van der Waals surface area contributed by atoms with E-state index in [9.17, 15) is 24.3 Å². The Morgan fingerprint density at radius 1 is 1.22 bits per heavy atom. The molecule has 0 amide bonds. The lowest BCUT2D eigenvalue weighted by Crippen LogP contribution is -2.68. The number of hydrogen-bond donors (Lipinski definition) is 1. The van der Waals surface area contributed by atoms with Crippen LogP contribution >= 0.6 is 0 Å². The minimum absolute atomic E-state index is 0.0537. The third-order valence-corrected chi connectivity index (χ3v) is 6.19. The summed E-state index contributed by atoms with van der Waals surface area (Å²) in [6, 6.07) is 0. The Morgan fingerprint density at radius 2 is 1.85 bits per heavy atom. The predicted molar refractivity (Wildman–Crippen MR) is 89.9 cm³/mol. The molecule has 0 spiro atoms. The maximum Gasteiger partial charge on any atom is 0.337 e. The zero-order valence-corrected chi connectivity index (χ0v) is 16.0. The molecule has 0 radical (unpaired) electrons. The molecule has 1 N–H and O–H groups in total. The molecule has 1 aliphatic heterocycles. The van der Waals surface area contributed by atoms with Crippen LogP contribution in [0.5, 0.6) is 0 Å². The fourth-order valence-electron chi connectivity index (χ4n) is 5.16. The van der Waals surface area contributed by atoms with Crippen molar-refractivity contribution in [3.05, 3.63) is 11.1 Å². The van der Waals surface area contributed by atoms with Crippen molar-refractivity contribution in [1.82, 2.24) is 0 Å². The predicted octanol–water partition coefficient (Wildman–Crippen LogP) is 1.05. The average molecular weight is 380 g/mol. The van der Waals surface area contributed by atoms with Crippen LogP contribution in [-0.2, 0) is 33.4 Å². The van der Waals surface area contributed by atoms with Crippen molar-refractivity contribution < 1.29 is 38.5 Å². The lowest BCUT2D eigenvalue weighted by molar-refractivity contribution is -0.282. The lowest BCUT2D eigenvalue weighted by atomic mass is 9.51. The maximum absolute atomic E-state index is 12.5. The first-order valence-corrected chi connectivity index (χ1v) is 8.98. The highest BCUT2D eigenvalue weighted by atomic mass is 16.7. The zero-order valence-electron chi connectivity index (χ0n) is 16.0. The number of aliphatic hydroxyl groups excluding tert-OH is 1. The maximum atomic E-state index is 12.5. The van der Waals surface area contributed by atoms with Crippen LogP contribution in [0.2, 0.25) is 0 Å². The van der Waals surface area contributed by atoms with E-state index in [1.165, 1.54) is 20.8 Å². The molecule has 0 bridgehead atoms. The molecule has 2 saturated carbocycles. The normalized spacial score (nSPS) is 40.8. The van der Waals surface area contributed by atoms with Crippen molar-refractivity contribution in [3.63, 3.8) is 0 Å². The van der Waals surface area contributed by atoms with Crippen LogP contribution in [0.4, 0.5) is 0 Å². The van der Waals surface area contributed by atoms with E-state index >= 15 is 0 Å². The summed E-state index contributed by atoms with van der Waals surface area (Å²) in [6.45, 7) is 7.30. The number of ketones is 1. The summed E-state index contributed by atoms with van der Waals surface area (Å²) in [5, 5.41) is 11.1. The minimum atomic E-state index is -1.88. The van der Waals surface area contributed by atoms with Gasteiger partial charge >= 0.3 is 17.9 Å². The van der Waals surface area contributed by atoms with Crippen LogP contribution in [0.3, 0.4) is 0 Å². The fourth-order valence-corrected chi connectivity index (χ4v) is 5.16. The van der Waals surface area contributed by atoms with Gasteiger partial charge in [0.05, 0.1) is 11.5 Å². The van der Waals surface area contributed by atoms with Gasteiger partial charge in [-0.15, -0.1) is 0 Å². The first kappa shape index (κ1) is 19.5. The summed E-state index contributed by atoms with van der Waals surface area (Å²) in [7, 11) is 0. The molecule has 0 aromatic rings. The van der Waals surface area contributed by atoms with Crippen LogP contribution in [0.1, 0.15) is 47.5 Å². The summed E-state index contributed by atoms with van der Waals surface area (Å²) in [4.78, 5) is 48.5. The number of Topliss-reactive ketones (excluding diaryl/α,β-unsaturated/α-hetero) is 1. The number of carbonyl (C=O) groups is 4. The number of rotatable bonds is 2. The smallest absolute Gasteiger partial charge is 0.337 e. The average Bonchev–Trinajstić information content (AvgIpc) is 2.78. The monoisotopic (exact) mass is 380 g/mol. The topological polar surface area (TPSA) is 116 Å². The molecule has 0 unspecified atom stereocenters. The van der Waals surface area contributed by atoms with Gasteiger partial charge in [-0.05, 0) is 13.3 Å². The van der Waals surface area contributed by atoms with Crippen LogP contribution in [0.15, 0.2) is 11.1 Å². The van der Waals surface area contributed by atoms with Crippen molar-refractivity contribution in [2.24, 2.45) is 17.3 Å². The molecule has 3 aliphatic rings. The molecular formula is C19H24O8. The van der Waals surface area contributed by atoms with E-state index in [0.29, 0.717) is 6.42 Å². The van der Waals surface area contributed by atoms with Gasteiger partial charge in [0.1, 0.15) is 18.0 Å². The van der Waals surface area contributed by atoms with E-state index in [-0.39, 0.29) is 23.4 Å². The summed E-state index contributed by atoms with van der Waals surface area (Å²) in [6.07, 6.45) is -1.89. The summed E-state index contributed by atoms with van der Waals surface area (Å²) < 4.78 is 16.5. The highest BCUT2D eigenvalue weighted by molar-refractivity contribution is 5.94. The number of ether oxygens (including phenoxy) is 3. The molecule has 1 heterocycles. The van der Waals surface area contributed by atoms with E-state index in [1.807, 2.05) is 0 Å². The number of esters is 3. The van der Waals surface area contributed by atoms with Crippen LogP contribution in [0.25, 0.3) is 0 Å². The standard InChI is InChI=1S/C19H24O8/c1-8-12(22)6-7-18(5)15(8)19(26-11(4)21)13(9(2)17(24)27-19)14(23)16(18)25-10(3)20/h8,14-16,23H,6-7H2,1-5H3/t8-,14+,15+,16+,18+,19-/m1/s1. The van der Waals surface area contributed by atoms with E-state index < -0.39 is 53.2 Å². The molecule has 0 aromatic carbocycles. The first-order valence-electron chi connectivity index (χ1n) is 8.98. The van der Waals surface area contributed by atoms with Crippen molar-refractivity contribution in [2.75, 3.05) is 0 Å². The second kappa shape index (κ2) is 6.15. The Bertz CT molecular complexity index is 768. The molecule has 3 rings (SSSR count). The van der Waals surface area contributed by atoms with Gasteiger partial charge in [-0.1, -0.05) is 13.8 Å². The van der Waals surface area contributed by atoms with Crippen molar-refractivity contribution in [2.45, 2.75) is 65.5 Å². The van der Waals surface area contributed by atoms with Crippen LogP contribution < -0.4 is 0 Å². The summed E-state index contributed by atoms with van der Waals surface area (Å²) >= 11 is 0. The second-order valence-corrected chi connectivity index (χ2v) is 7.90. The molecular weight excluding hydrogens is 356 g/mol. The van der Waals surface area contributed by atoms with E-state index in [1.54, 1.807) is 13.8 Å². The van der Waals surface area contributed by atoms with E-state index in [0.717, 1.165) is 0 Å². The summed E-state index contributed by atoms with van der Waals surface area (Å²) in [5.41, 5.74) is -0.798. The Balaban J connectivity index is 2.28. The molecule has 8 nitrogen and oxygen atoms in total. The van der Waals surface area contributed by atoms with Gasteiger partial charge in [0.2, 0.25) is 0 Å². The minimum Gasteiger partial charge on any atom is -0.459 e.